The van der Waals surface area contributed by atoms with Crippen LogP contribution in [0.3, 0.4) is 0 Å². The highest BCUT2D eigenvalue weighted by Crippen LogP contribution is 2.65. The van der Waals surface area contributed by atoms with E-state index in [4.69, 9.17) is 0 Å². The van der Waals surface area contributed by atoms with Gasteiger partial charge in [0.2, 0.25) is 5.91 Å². The summed E-state index contributed by atoms with van der Waals surface area (Å²) in [4.78, 5) is 14.9. The van der Waals surface area contributed by atoms with Crippen LogP contribution in [0.4, 0.5) is 0 Å². The van der Waals surface area contributed by atoms with Crippen molar-refractivity contribution in [3.63, 3.8) is 0 Å². The molecule has 5 fully saturated rings. The van der Waals surface area contributed by atoms with E-state index >= 15 is 0 Å². The Labute approximate surface area is 130 Å². The first-order valence-corrected chi connectivity index (χ1v) is 9.32. The molecule has 4 bridgehead atoms. The van der Waals surface area contributed by atoms with E-state index in [2.05, 4.69) is 20.8 Å². The number of halogens is 1. The summed E-state index contributed by atoms with van der Waals surface area (Å²) in [5.74, 6) is 2.25. The van der Waals surface area contributed by atoms with Gasteiger partial charge in [0, 0.05) is 23.8 Å². The summed E-state index contributed by atoms with van der Waals surface area (Å²) in [7, 11) is 0. The SMILES string of the molecule is O=C(CC12CC3CC(CC(Br)(C3)C1)C2)N1CCCCC1. The minimum atomic E-state index is 0.349. The lowest BCUT2D eigenvalue weighted by Gasteiger charge is -2.60. The molecule has 0 aromatic heterocycles. The molecule has 2 unspecified atom stereocenters. The number of amides is 1. The first kappa shape index (κ1) is 13.6. The van der Waals surface area contributed by atoms with Crippen molar-refractivity contribution < 1.29 is 4.79 Å². The first-order valence-electron chi connectivity index (χ1n) is 8.53. The van der Waals surface area contributed by atoms with Crippen LogP contribution in [-0.4, -0.2) is 28.2 Å². The Morgan fingerprint density at radius 2 is 1.70 bits per heavy atom. The van der Waals surface area contributed by atoms with Crippen molar-refractivity contribution in [3.05, 3.63) is 0 Å². The Bertz CT molecular complexity index is 401. The first-order chi connectivity index (χ1) is 9.56. The molecule has 0 aromatic rings. The molecule has 0 aromatic carbocycles. The van der Waals surface area contributed by atoms with Gasteiger partial charge in [0.05, 0.1) is 0 Å². The van der Waals surface area contributed by atoms with Gasteiger partial charge in [-0.1, -0.05) is 15.9 Å². The summed E-state index contributed by atoms with van der Waals surface area (Å²) in [6.07, 6.45) is 12.7. The van der Waals surface area contributed by atoms with Gasteiger partial charge < -0.3 is 4.90 Å². The molecule has 5 rings (SSSR count). The van der Waals surface area contributed by atoms with Crippen molar-refractivity contribution in [3.8, 4) is 0 Å². The van der Waals surface area contributed by atoms with Crippen LogP contribution in [0.5, 0.6) is 0 Å². The topological polar surface area (TPSA) is 20.3 Å². The summed E-state index contributed by atoms with van der Waals surface area (Å²) >= 11 is 4.05. The number of rotatable bonds is 2. The summed E-state index contributed by atoms with van der Waals surface area (Å²) < 4.78 is 0.388. The van der Waals surface area contributed by atoms with Crippen molar-refractivity contribution in [1.29, 1.82) is 0 Å². The molecule has 0 radical (unpaired) electrons. The quantitative estimate of drug-likeness (QED) is 0.693. The fourth-order valence-electron chi connectivity index (χ4n) is 6.12. The standard InChI is InChI=1S/C17H26BrNO/c18-17-9-13-6-14(10-17)8-16(7-13,12-17)11-15(20)19-4-2-1-3-5-19/h13-14H,1-12H2. The minimum Gasteiger partial charge on any atom is -0.343 e. The predicted octanol–water partition coefficient (Wildman–Crippen LogP) is 4.12. The fraction of sp³-hybridized carbons (Fsp3) is 0.941. The molecule has 0 spiro atoms. The molecule has 20 heavy (non-hydrogen) atoms. The van der Waals surface area contributed by atoms with E-state index < -0.39 is 0 Å². The molecule has 4 saturated carbocycles. The molecular formula is C17H26BrNO. The van der Waals surface area contributed by atoms with Gasteiger partial charge >= 0.3 is 0 Å². The third kappa shape index (κ3) is 2.34. The van der Waals surface area contributed by atoms with E-state index in [9.17, 15) is 4.79 Å². The van der Waals surface area contributed by atoms with Gasteiger partial charge in [0.1, 0.15) is 0 Å². The molecule has 1 amide bonds. The van der Waals surface area contributed by atoms with E-state index in [1.807, 2.05) is 0 Å². The normalized spacial score (nSPS) is 46.8. The van der Waals surface area contributed by atoms with Crippen LogP contribution in [0.15, 0.2) is 0 Å². The second-order valence-electron chi connectivity index (χ2n) is 8.23. The lowest BCUT2D eigenvalue weighted by Crippen LogP contribution is -2.54. The number of likely N-dealkylation sites (tertiary alicyclic amines) is 1. The van der Waals surface area contributed by atoms with Crippen LogP contribution in [0, 0.1) is 17.3 Å². The molecule has 3 heteroatoms. The second-order valence-corrected chi connectivity index (χ2v) is 9.91. The maximum Gasteiger partial charge on any atom is 0.223 e. The van der Waals surface area contributed by atoms with E-state index in [0.717, 1.165) is 31.3 Å². The van der Waals surface area contributed by atoms with Crippen LogP contribution in [0.25, 0.3) is 0 Å². The Hall–Kier alpha value is -0.0500. The van der Waals surface area contributed by atoms with Crippen molar-refractivity contribution in [2.24, 2.45) is 17.3 Å². The molecule has 0 N–H and O–H groups in total. The number of alkyl halides is 1. The molecule has 5 aliphatic rings. The number of nitrogens with zero attached hydrogens (tertiary/aromatic N) is 1. The smallest absolute Gasteiger partial charge is 0.223 e. The van der Waals surface area contributed by atoms with Crippen molar-refractivity contribution >= 4 is 21.8 Å². The summed E-state index contributed by atoms with van der Waals surface area (Å²) in [5, 5.41) is 0. The predicted molar refractivity (Wildman–Crippen MR) is 83.8 cm³/mol. The zero-order valence-corrected chi connectivity index (χ0v) is 14.0. The Balaban J connectivity index is 1.49. The van der Waals surface area contributed by atoms with Gasteiger partial charge in [-0.2, -0.15) is 0 Å². The van der Waals surface area contributed by atoms with E-state index in [-0.39, 0.29) is 0 Å². The molecule has 1 heterocycles. The number of piperidine rings is 1. The van der Waals surface area contributed by atoms with Crippen LogP contribution in [0.1, 0.15) is 64.2 Å². The van der Waals surface area contributed by atoms with Crippen LogP contribution >= 0.6 is 15.9 Å². The second kappa shape index (κ2) is 4.72. The number of carbonyl (C=O) groups excluding carboxylic acids is 1. The Morgan fingerprint density at radius 1 is 1.05 bits per heavy atom. The van der Waals surface area contributed by atoms with Gasteiger partial charge in [0.25, 0.3) is 0 Å². The lowest BCUT2D eigenvalue weighted by atomic mass is 9.48. The third-order valence-electron chi connectivity index (χ3n) is 6.35. The average molecular weight is 340 g/mol. The highest BCUT2D eigenvalue weighted by molar-refractivity contribution is 9.10. The van der Waals surface area contributed by atoms with Crippen molar-refractivity contribution in [2.75, 3.05) is 13.1 Å². The lowest BCUT2D eigenvalue weighted by molar-refractivity contribution is -0.139. The minimum absolute atomic E-state index is 0.349. The average Bonchev–Trinajstić information content (AvgIpc) is 2.36. The molecular weight excluding hydrogens is 314 g/mol. The van der Waals surface area contributed by atoms with E-state index in [0.29, 0.717) is 15.6 Å². The van der Waals surface area contributed by atoms with Crippen LogP contribution in [0.2, 0.25) is 0 Å². The fourth-order valence-corrected chi connectivity index (χ4v) is 7.63. The van der Waals surface area contributed by atoms with Gasteiger partial charge in [-0.25, -0.2) is 0 Å². The maximum absolute atomic E-state index is 12.7. The monoisotopic (exact) mass is 339 g/mol. The van der Waals surface area contributed by atoms with Gasteiger partial charge in [0.15, 0.2) is 0 Å². The summed E-state index contributed by atoms with van der Waals surface area (Å²) in [5.41, 5.74) is 0.349. The molecule has 2 nitrogen and oxygen atoms in total. The van der Waals surface area contributed by atoms with Crippen molar-refractivity contribution in [2.45, 2.75) is 68.5 Å². The number of carbonyl (C=O) groups is 1. The van der Waals surface area contributed by atoms with Gasteiger partial charge in [-0.15, -0.1) is 0 Å². The maximum atomic E-state index is 12.7. The number of hydrogen-bond donors (Lipinski definition) is 0. The Kier molecular flexibility index (Phi) is 3.21. The zero-order chi connectivity index (χ0) is 13.8. The highest BCUT2D eigenvalue weighted by atomic mass is 79.9. The molecule has 1 saturated heterocycles. The molecule has 4 aliphatic carbocycles. The highest BCUT2D eigenvalue weighted by Gasteiger charge is 2.57. The van der Waals surface area contributed by atoms with Gasteiger partial charge in [-0.3, -0.25) is 4.79 Å². The number of hydrogen-bond acceptors (Lipinski definition) is 1. The van der Waals surface area contributed by atoms with Crippen LogP contribution < -0.4 is 0 Å². The zero-order valence-electron chi connectivity index (χ0n) is 12.4. The molecule has 112 valence electrons. The van der Waals surface area contributed by atoms with Crippen molar-refractivity contribution in [1.82, 2.24) is 4.90 Å². The molecule has 1 aliphatic heterocycles. The summed E-state index contributed by atoms with van der Waals surface area (Å²) in [6, 6.07) is 0. The largest absolute Gasteiger partial charge is 0.343 e. The van der Waals surface area contributed by atoms with Gasteiger partial charge in [-0.05, 0) is 75.0 Å². The molecule has 2 atom stereocenters. The van der Waals surface area contributed by atoms with E-state index in [1.165, 1.54) is 57.8 Å². The third-order valence-corrected chi connectivity index (χ3v) is 7.27. The summed E-state index contributed by atoms with van der Waals surface area (Å²) in [6.45, 7) is 2.03. The van der Waals surface area contributed by atoms with E-state index in [1.54, 1.807) is 0 Å². The van der Waals surface area contributed by atoms with Crippen LogP contribution in [-0.2, 0) is 4.79 Å². The Morgan fingerprint density at radius 3 is 2.30 bits per heavy atom.